The fraction of sp³-hybridized carbons (Fsp3) is 0.692. The van der Waals surface area contributed by atoms with Gasteiger partial charge in [-0.25, -0.2) is 13.4 Å². The smallest absolute Gasteiger partial charge is 0.225 e. The number of sulfonamides is 1. The first-order chi connectivity index (χ1) is 10.3. The molecule has 2 rings (SSSR count). The zero-order valence-electron chi connectivity index (χ0n) is 13.0. The van der Waals surface area contributed by atoms with Crippen LogP contribution in [0.15, 0.2) is 0 Å². The second-order valence-corrected chi connectivity index (χ2v) is 8.61. The molecule has 2 heterocycles. The van der Waals surface area contributed by atoms with Gasteiger partial charge in [-0.1, -0.05) is 0 Å². The molecule has 1 N–H and O–H groups in total. The van der Waals surface area contributed by atoms with Crippen LogP contribution in [0.25, 0.3) is 0 Å². The van der Waals surface area contributed by atoms with Crippen molar-refractivity contribution in [2.24, 2.45) is 0 Å². The molecule has 124 valence electrons. The van der Waals surface area contributed by atoms with Crippen LogP contribution in [-0.4, -0.2) is 62.2 Å². The van der Waals surface area contributed by atoms with E-state index in [1.54, 1.807) is 0 Å². The molecule has 1 aliphatic heterocycles. The molecule has 1 aromatic rings. The molecule has 1 saturated heterocycles. The van der Waals surface area contributed by atoms with Crippen LogP contribution >= 0.6 is 11.3 Å². The van der Waals surface area contributed by atoms with Crippen molar-refractivity contribution in [1.82, 2.24) is 14.6 Å². The number of ether oxygens (including phenoxy) is 1. The Bertz CT molecular complexity index is 642. The van der Waals surface area contributed by atoms with Gasteiger partial charge in [-0.2, -0.15) is 4.31 Å². The van der Waals surface area contributed by atoms with Crippen LogP contribution in [0.3, 0.4) is 0 Å². The van der Waals surface area contributed by atoms with E-state index < -0.39 is 10.0 Å². The maximum absolute atomic E-state index is 12.0. The van der Waals surface area contributed by atoms with Crippen LogP contribution in [0.4, 0.5) is 0 Å². The number of aryl methyl sites for hydroxylation is 2. The third kappa shape index (κ3) is 4.73. The molecule has 22 heavy (non-hydrogen) atoms. The van der Waals surface area contributed by atoms with Crippen LogP contribution < -0.4 is 5.32 Å². The van der Waals surface area contributed by atoms with Gasteiger partial charge in [-0.15, -0.1) is 11.3 Å². The Morgan fingerprint density at radius 2 is 2.23 bits per heavy atom. The van der Waals surface area contributed by atoms with Crippen LogP contribution in [0.1, 0.15) is 15.6 Å². The molecule has 0 radical (unpaired) electrons. The number of nitrogens with one attached hydrogen (secondary N) is 1. The molecular formula is C13H21N3O4S2. The van der Waals surface area contributed by atoms with E-state index in [1.807, 2.05) is 13.8 Å². The number of morpholine rings is 1. The monoisotopic (exact) mass is 347 g/mol. The van der Waals surface area contributed by atoms with Crippen molar-refractivity contribution >= 4 is 27.3 Å². The Morgan fingerprint density at radius 3 is 2.82 bits per heavy atom. The van der Waals surface area contributed by atoms with Gasteiger partial charge >= 0.3 is 0 Å². The lowest BCUT2D eigenvalue weighted by molar-refractivity contribution is -0.121. The summed E-state index contributed by atoms with van der Waals surface area (Å²) in [6.07, 6.45) is 1.17. The van der Waals surface area contributed by atoms with Crippen molar-refractivity contribution in [3.05, 3.63) is 15.6 Å². The summed E-state index contributed by atoms with van der Waals surface area (Å²) in [7, 11) is -3.21. The molecule has 1 fully saturated rings. The third-order valence-electron chi connectivity index (χ3n) is 3.42. The number of thiazole rings is 1. The van der Waals surface area contributed by atoms with Crippen molar-refractivity contribution in [3.8, 4) is 0 Å². The molecule has 1 amide bonds. The number of hydrogen-bond donors (Lipinski definition) is 1. The molecule has 0 unspecified atom stereocenters. The van der Waals surface area contributed by atoms with Gasteiger partial charge < -0.3 is 10.1 Å². The predicted octanol–water partition coefficient (Wildman–Crippen LogP) is 0.0790. The molecule has 0 saturated carbocycles. The average Bonchev–Trinajstić information content (AvgIpc) is 2.74. The van der Waals surface area contributed by atoms with Gasteiger partial charge in [-0.05, 0) is 13.8 Å². The van der Waals surface area contributed by atoms with Gasteiger partial charge in [0.05, 0.1) is 36.1 Å². The Morgan fingerprint density at radius 1 is 1.50 bits per heavy atom. The van der Waals surface area contributed by atoms with Crippen LogP contribution in [-0.2, 0) is 26.0 Å². The zero-order chi connectivity index (χ0) is 16.3. The number of nitrogens with zero attached hydrogens (tertiary/aromatic N) is 2. The molecule has 9 heteroatoms. The van der Waals surface area contributed by atoms with E-state index in [0.29, 0.717) is 26.1 Å². The van der Waals surface area contributed by atoms with Crippen LogP contribution in [0.5, 0.6) is 0 Å². The van der Waals surface area contributed by atoms with Gasteiger partial charge in [0.2, 0.25) is 15.9 Å². The van der Waals surface area contributed by atoms with E-state index >= 15 is 0 Å². The van der Waals surface area contributed by atoms with Gasteiger partial charge in [0.25, 0.3) is 0 Å². The average molecular weight is 347 g/mol. The molecule has 1 atom stereocenters. The lowest BCUT2D eigenvalue weighted by atomic mass is 10.2. The Kier molecular flexibility index (Phi) is 5.54. The van der Waals surface area contributed by atoms with E-state index in [-0.39, 0.29) is 18.6 Å². The van der Waals surface area contributed by atoms with E-state index in [2.05, 4.69) is 10.3 Å². The van der Waals surface area contributed by atoms with Gasteiger partial charge in [0.15, 0.2) is 0 Å². The minimum atomic E-state index is -3.21. The number of hydrogen-bond acceptors (Lipinski definition) is 6. The molecule has 7 nitrogen and oxygen atoms in total. The fourth-order valence-corrected chi connectivity index (χ4v) is 4.07. The topological polar surface area (TPSA) is 88.6 Å². The maximum Gasteiger partial charge on any atom is 0.225 e. The summed E-state index contributed by atoms with van der Waals surface area (Å²) in [4.78, 5) is 17.2. The first-order valence-corrected chi connectivity index (χ1v) is 9.68. The van der Waals surface area contributed by atoms with E-state index in [9.17, 15) is 13.2 Å². The molecule has 0 aliphatic carbocycles. The summed E-state index contributed by atoms with van der Waals surface area (Å²) >= 11 is 1.52. The predicted molar refractivity (Wildman–Crippen MR) is 84.5 cm³/mol. The summed E-state index contributed by atoms with van der Waals surface area (Å²) < 4.78 is 29.9. The number of aromatic nitrogens is 1. The summed E-state index contributed by atoms with van der Waals surface area (Å²) in [5.41, 5.74) is 0.884. The lowest BCUT2D eigenvalue weighted by Gasteiger charge is -2.31. The number of amides is 1. The van der Waals surface area contributed by atoms with Crippen LogP contribution in [0, 0.1) is 13.8 Å². The molecule has 0 aromatic carbocycles. The first-order valence-electron chi connectivity index (χ1n) is 7.02. The van der Waals surface area contributed by atoms with Crippen molar-refractivity contribution in [2.75, 3.05) is 32.5 Å². The summed E-state index contributed by atoms with van der Waals surface area (Å²) in [5, 5.41) is 3.75. The van der Waals surface area contributed by atoms with E-state index in [0.717, 1.165) is 15.6 Å². The fourth-order valence-electron chi connectivity index (χ4n) is 2.29. The normalized spacial score (nSPS) is 20.0. The Balaban J connectivity index is 1.82. The van der Waals surface area contributed by atoms with Crippen molar-refractivity contribution < 1.29 is 17.9 Å². The van der Waals surface area contributed by atoms with Crippen molar-refractivity contribution in [1.29, 1.82) is 0 Å². The highest BCUT2D eigenvalue weighted by Gasteiger charge is 2.26. The lowest BCUT2D eigenvalue weighted by Crippen LogP contribution is -2.49. The van der Waals surface area contributed by atoms with Crippen molar-refractivity contribution in [3.63, 3.8) is 0 Å². The summed E-state index contributed by atoms with van der Waals surface area (Å²) in [6, 6.07) is 0. The standard InChI is InChI=1S/C13H21N3O4S2/c1-9-12(21-10(2)15-9)6-13(17)14-7-11-8-16(4-5-20-11)22(3,18)19/h11H,4-8H2,1-3H3,(H,14,17)/t11-/m1/s1. The van der Waals surface area contributed by atoms with Gasteiger partial charge in [-0.3, -0.25) is 4.79 Å². The Labute approximate surface area is 134 Å². The van der Waals surface area contributed by atoms with E-state index in [1.165, 1.54) is 21.9 Å². The largest absolute Gasteiger partial charge is 0.374 e. The Hall–Kier alpha value is -1.03. The van der Waals surface area contributed by atoms with E-state index in [4.69, 9.17) is 4.74 Å². The second-order valence-electron chi connectivity index (χ2n) is 5.34. The molecule has 1 aliphatic rings. The highest BCUT2D eigenvalue weighted by molar-refractivity contribution is 7.88. The highest BCUT2D eigenvalue weighted by atomic mass is 32.2. The molecule has 1 aromatic heterocycles. The minimum Gasteiger partial charge on any atom is -0.374 e. The minimum absolute atomic E-state index is 0.105. The zero-order valence-corrected chi connectivity index (χ0v) is 14.6. The molecular weight excluding hydrogens is 326 g/mol. The summed E-state index contributed by atoms with van der Waals surface area (Å²) in [5.74, 6) is -0.105. The third-order valence-corrected chi connectivity index (χ3v) is 5.76. The quantitative estimate of drug-likeness (QED) is 0.815. The first kappa shape index (κ1) is 17.3. The molecule has 0 bridgehead atoms. The SMILES string of the molecule is Cc1nc(C)c(CC(=O)NC[C@@H]2CN(S(C)(=O)=O)CCO2)s1. The second kappa shape index (κ2) is 7.03. The van der Waals surface area contributed by atoms with Crippen LogP contribution in [0.2, 0.25) is 0 Å². The van der Waals surface area contributed by atoms with Gasteiger partial charge in [0, 0.05) is 24.5 Å². The number of rotatable bonds is 5. The maximum atomic E-state index is 12.0. The van der Waals surface area contributed by atoms with Gasteiger partial charge in [0.1, 0.15) is 0 Å². The highest BCUT2D eigenvalue weighted by Crippen LogP contribution is 2.17. The molecule has 0 spiro atoms. The number of carbonyl (C=O) groups is 1. The van der Waals surface area contributed by atoms with Crippen molar-refractivity contribution in [2.45, 2.75) is 26.4 Å². The summed E-state index contributed by atoms with van der Waals surface area (Å²) in [6.45, 7) is 5.10. The number of carbonyl (C=O) groups excluding carboxylic acids is 1.